The molecule has 0 aliphatic heterocycles. The first-order chi connectivity index (χ1) is 10.0. The van der Waals surface area contributed by atoms with Gasteiger partial charge in [0.1, 0.15) is 11.4 Å². The average Bonchev–Trinajstić information content (AvgIpc) is 2.47. The van der Waals surface area contributed by atoms with Gasteiger partial charge in [-0.1, -0.05) is 38.5 Å². The van der Waals surface area contributed by atoms with Crippen LogP contribution in [0.3, 0.4) is 0 Å². The second-order valence-electron chi connectivity index (χ2n) is 5.80. The summed E-state index contributed by atoms with van der Waals surface area (Å²) in [5, 5.41) is 9.73. The van der Waals surface area contributed by atoms with E-state index in [1.54, 1.807) is 18.1 Å². The van der Waals surface area contributed by atoms with Crippen LogP contribution in [0.1, 0.15) is 33.1 Å². The average molecular weight is 302 g/mol. The van der Waals surface area contributed by atoms with Crippen molar-refractivity contribution in [3.63, 3.8) is 0 Å². The zero-order valence-corrected chi connectivity index (χ0v) is 13.4. The normalized spacial score (nSPS) is 11.7. The first kappa shape index (κ1) is 15.8. The number of aromatic nitrogens is 2. The minimum atomic E-state index is -0.188. The third-order valence-corrected chi connectivity index (χ3v) is 4.76. The zero-order chi connectivity index (χ0) is 15.3. The fourth-order valence-corrected chi connectivity index (χ4v) is 3.06. The maximum atomic E-state index is 7.56. The van der Waals surface area contributed by atoms with E-state index in [2.05, 4.69) is 16.0 Å². The van der Waals surface area contributed by atoms with Gasteiger partial charge in [-0.25, -0.2) is 9.97 Å². The number of nitrogens with two attached hydrogens (primary N) is 1. The molecule has 3 N–H and O–H groups in total. The van der Waals surface area contributed by atoms with E-state index in [0.717, 1.165) is 40.9 Å². The van der Waals surface area contributed by atoms with Gasteiger partial charge in [0, 0.05) is 10.8 Å². The second kappa shape index (κ2) is 6.89. The van der Waals surface area contributed by atoms with E-state index in [-0.39, 0.29) is 11.3 Å². The van der Waals surface area contributed by atoms with Crippen molar-refractivity contribution in [1.82, 2.24) is 9.97 Å². The molecule has 1 heterocycles. The monoisotopic (exact) mass is 302 g/mol. The van der Waals surface area contributed by atoms with E-state index in [1.807, 2.05) is 32.0 Å². The Morgan fingerprint density at radius 1 is 1.24 bits per heavy atom. The minimum absolute atomic E-state index is 0.188. The molecule has 0 unspecified atom stereocenters. The molecule has 112 valence electrons. The summed E-state index contributed by atoms with van der Waals surface area (Å²) in [5.74, 6) is 1.30. The highest BCUT2D eigenvalue weighted by molar-refractivity contribution is 7.99. The molecule has 0 saturated heterocycles. The standard InChI is InChI=1S/C16H22N4S/c1-16(2,15(17)18)9-5-6-10-21-14-12-7-3-4-8-13(12)19-11-20-14/h3-4,7-8,11H,5-6,9-10H2,1-2H3,(H3,17,18). The Morgan fingerprint density at radius 2 is 2.00 bits per heavy atom. The fraction of sp³-hybridized carbons (Fsp3) is 0.438. The highest BCUT2D eigenvalue weighted by Crippen LogP contribution is 2.27. The smallest absolute Gasteiger partial charge is 0.117 e. The van der Waals surface area contributed by atoms with E-state index < -0.39 is 0 Å². The molecule has 0 amide bonds. The number of nitrogens with one attached hydrogen (secondary N) is 1. The molecule has 1 aromatic heterocycles. The van der Waals surface area contributed by atoms with Gasteiger partial charge >= 0.3 is 0 Å². The van der Waals surface area contributed by atoms with Gasteiger partial charge in [-0.2, -0.15) is 0 Å². The summed E-state index contributed by atoms with van der Waals surface area (Å²) in [7, 11) is 0. The third kappa shape index (κ3) is 4.17. The molecule has 4 nitrogen and oxygen atoms in total. The van der Waals surface area contributed by atoms with Crippen LogP contribution in [0.4, 0.5) is 0 Å². The topological polar surface area (TPSA) is 75.7 Å². The summed E-state index contributed by atoms with van der Waals surface area (Å²) in [6.45, 7) is 4.06. The Bertz CT molecular complexity index is 619. The van der Waals surface area contributed by atoms with Gasteiger partial charge < -0.3 is 5.73 Å². The van der Waals surface area contributed by atoms with Gasteiger partial charge in [0.2, 0.25) is 0 Å². The summed E-state index contributed by atoms with van der Waals surface area (Å²) >= 11 is 1.77. The number of fused-ring (bicyclic) bond motifs is 1. The summed E-state index contributed by atoms with van der Waals surface area (Å²) in [5.41, 5.74) is 6.40. The van der Waals surface area contributed by atoms with Gasteiger partial charge in [-0.15, -0.1) is 11.8 Å². The maximum Gasteiger partial charge on any atom is 0.117 e. The molecule has 0 saturated carbocycles. The highest BCUT2D eigenvalue weighted by atomic mass is 32.2. The van der Waals surface area contributed by atoms with Gasteiger partial charge in [0.15, 0.2) is 0 Å². The van der Waals surface area contributed by atoms with Crippen molar-refractivity contribution in [3.05, 3.63) is 30.6 Å². The van der Waals surface area contributed by atoms with Crippen molar-refractivity contribution < 1.29 is 0 Å². The molecule has 0 atom stereocenters. The first-order valence-corrected chi connectivity index (χ1v) is 8.16. The lowest BCUT2D eigenvalue weighted by Gasteiger charge is -2.22. The third-order valence-electron chi connectivity index (χ3n) is 3.67. The molecule has 0 radical (unpaired) electrons. The van der Waals surface area contributed by atoms with Crippen molar-refractivity contribution in [2.75, 3.05) is 5.75 Å². The highest BCUT2D eigenvalue weighted by Gasteiger charge is 2.20. The van der Waals surface area contributed by atoms with Gasteiger partial charge in [0.05, 0.1) is 11.4 Å². The maximum absolute atomic E-state index is 7.56. The van der Waals surface area contributed by atoms with Crippen molar-refractivity contribution in [2.24, 2.45) is 11.1 Å². The Hall–Kier alpha value is -1.62. The molecule has 21 heavy (non-hydrogen) atoms. The predicted molar refractivity (Wildman–Crippen MR) is 89.8 cm³/mol. The summed E-state index contributed by atoms with van der Waals surface area (Å²) in [6.07, 6.45) is 4.75. The number of unbranched alkanes of at least 4 members (excludes halogenated alkanes) is 1. The first-order valence-electron chi connectivity index (χ1n) is 7.18. The Labute approximate surface area is 130 Å². The molecular formula is C16H22N4S. The largest absolute Gasteiger partial charge is 0.387 e. The Balaban J connectivity index is 1.85. The van der Waals surface area contributed by atoms with Crippen molar-refractivity contribution in [3.8, 4) is 0 Å². The van der Waals surface area contributed by atoms with Crippen molar-refractivity contribution in [1.29, 1.82) is 5.41 Å². The number of hydrogen-bond donors (Lipinski definition) is 2. The van der Waals surface area contributed by atoms with Gasteiger partial charge in [0.25, 0.3) is 0 Å². The number of benzene rings is 1. The molecule has 0 spiro atoms. The van der Waals surface area contributed by atoms with E-state index >= 15 is 0 Å². The van der Waals surface area contributed by atoms with Crippen LogP contribution in [0.2, 0.25) is 0 Å². The second-order valence-corrected chi connectivity index (χ2v) is 6.88. The van der Waals surface area contributed by atoms with Crippen molar-refractivity contribution in [2.45, 2.75) is 38.1 Å². The van der Waals surface area contributed by atoms with Gasteiger partial charge in [-0.3, -0.25) is 5.41 Å². The van der Waals surface area contributed by atoms with E-state index in [1.165, 1.54) is 0 Å². The van der Waals surface area contributed by atoms with Crippen molar-refractivity contribution >= 4 is 28.5 Å². The zero-order valence-electron chi connectivity index (χ0n) is 12.6. The summed E-state index contributed by atoms with van der Waals surface area (Å²) in [6, 6.07) is 8.09. The number of nitrogens with zero attached hydrogens (tertiary/aromatic N) is 2. The molecule has 2 aromatic rings. The lowest BCUT2D eigenvalue weighted by molar-refractivity contribution is 0.448. The molecule has 2 rings (SSSR count). The molecular weight excluding hydrogens is 280 g/mol. The van der Waals surface area contributed by atoms with Crippen LogP contribution >= 0.6 is 11.8 Å². The predicted octanol–water partition coefficient (Wildman–Crippen LogP) is 3.85. The molecule has 0 aliphatic rings. The number of hydrogen-bond acceptors (Lipinski definition) is 4. The van der Waals surface area contributed by atoms with Gasteiger partial charge in [-0.05, 0) is 24.7 Å². The van der Waals surface area contributed by atoms with Crippen LogP contribution in [-0.4, -0.2) is 21.6 Å². The molecule has 1 aromatic carbocycles. The molecule has 5 heteroatoms. The molecule has 0 bridgehead atoms. The van der Waals surface area contributed by atoms with Crippen LogP contribution in [-0.2, 0) is 0 Å². The van der Waals surface area contributed by atoms with Crippen LogP contribution in [0.15, 0.2) is 35.6 Å². The van der Waals surface area contributed by atoms with Crippen LogP contribution in [0.5, 0.6) is 0 Å². The number of para-hydroxylation sites is 1. The Kier molecular flexibility index (Phi) is 5.17. The SMILES string of the molecule is CC(C)(CCCCSc1ncnc2ccccc12)C(=N)N. The Morgan fingerprint density at radius 3 is 2.76 bits per heavy atom. The summed E-state index contributed by atoms with van der Waals surface area (Å²) in [4.78, 5) is 8.66. The number of amidine groups is 1. The molecule has 0 aliphatic carbocycles. The lowest BCUT2D eigenvalue weighted by Crippen LogP contribution is -2.30. The van der Waals surface area contributed by atoms with E-state index in [0.29, 0.717) is 0 Å². The fourth-order valence-electron chi connectivity index (χ4n) is 2.07. The minimum Gasteiger partial charge on any atom is -0.387 e. The lowest BCUT2D eigenvalue weighted by atomic mass is 9.86. The van der Waals surface area contributed by atoms with Crippen LogP contribution < -0.4 is 5.73 Å². The quantitative estimate of drug-likeness (QED) is 0.268. The van der Waals surface area contributed by atoms with E-state index in [9.17, 15) is 0 Å². The summed E-state index contributed by atoms with van der Waals surface area (Å²) < 4.78 is 0. The number of rotatable bonds is 7. The number of thioether (sulfide) groups is 1. The van der Waals surface area contributed by atoms with Crippen LogP contribution in [0, 0.1) is 10.8 Å². The molecule has 0 fully saturated rings. The van der Waals surface area contributed by atoms with E-state index in [4.69, 9.17) is 11.1 Å². The van der Waals surface area contributed by atoms with Crippen LogP contribution in [0.25, 0.3) is 10.9 Å².